The standard InChI is InChI=1S/C11H17NO/c1-10(2)8-4-5-11(10,3)9(13)7(8)6-12/h6,8H,4-5,12H2,1-3H3/b7-6-. The van der Waals surface area contributed by atoms with Gasteiger partial charge in [0, 0.05) is 17.2 Å². The number of carbonyl (C=O) groups excluding carboxylic acids is 1. The molecule has 2 heteroatoms. The lowest BCUT2D eigenvalue weighted by Gasteiger charge is -2.31. The van der Waals surface area contributed by atoms with Gasteiger partial charge in [0.2, 0.25) is 0 Å². The van der Waals surface area contributed by atoms with Crippen molar-refractivity contribution in [2.24, 2.45) is 22.5 Å². The third-order valence-electron chi connectivity index (χ3n) is 4.54. The van der Waals surface area contributed by atoms with Crippen molar-refractivity contribution in [1.82, 2.24) is 0 Å². The van der Waals surface area contributed by atoms with Crippen LogP contribution in [0.1, 0.15) is 33.6 Å². The summed E-state index contributed by atoms with van der Waals surface area (Å²) < 4.78 is 0. The van der Waals surface area contributed by atoms with Gasteiger partial charge in [0.05, 0.1) is 0 Å². The molecule has 2 fully saturated rings. The largest absolute Gasteiger partial charge is 0.404 e. The molecule has 0 spiro atoms. The molecule has 2 aliphatic rings. The van der Waals surface area contributed by atoms with E-state index in [0.717, 1.165) is 18.4 Å². The first kappa shape index (κ1) is 8.79. The Bertz CT molecular complexity index is 303. The second-order valence-corrected chi connectivity index (χ2v) is 5.10. The van der Waals surface area contributed by atoms with E-state index in [0.29, 0.717) is 5.92 Å². The molecule has 2 rings (SSSR count). The Kier molecular flexibility index (Phi) is 1.47. The van der Waals surface area contributed by atoms with Gasteiger partial charge in [-0.1, -0.05) is 20.8 Å². The fourth-order valence-corrected chi connectivity index (χ4v) is 3.12. The second-order valence-electron chi connectivity index (χ2n) is 5.10. The highest BCUT2D eigenvalue weighted by Gasteiger charge is 2.63. The van der Waals surface area contributed by atoms with Gasteiger partial charge in [-0.2, -0.15) is 0 Å². The van der Waals surface area contributed by atoms with Crippen LogP contribution in [0.15, 0.2) is 11.8 Å². The summed E-state index contributed by atoms with van der Waals surface area (Å²) in [6.45, 7) is 6.48. The lowest BCUT2D eigenvalue weighted by Crippen LogP contribution is -2.32. The highest BCUT2D eigenvalue weighted by Crippen LogP contribution is 2.65. The minimum absolute atomic E-state index is 0.106. The maximum atomic E-state index is 12.0. The first-order valence-electron chi connectivity index (χ1n) is 4.92. The van der Waals surface area contributed by atoms with Crippen LogP contribution in [0.3, 0.4) is 0 Å². The van der Waals surface area contributed by atoms with Gasteiger partial charge in [-0.05, 0) is 24.2 Å². The van der Waals surface area contributed by atoms with E-state index in [-0.39, 0.29) is 16.6 Å². The number of carbonyl (C=O) groups is 1. The van der Waals surface area contributed by atoms with E-state index in [4.69, 9.17) is 5.73 Å². The second kappa shape index (κ2) is 2.17. The topological polar surface area (TPSA) is 43.1 Å². The molecule has 2 bridgehead atoms. The molecule has 0 aromatic rings. The van der Waals surface area contributed by atoms with Gasteiger partial charge in [-0.3, -0.25) is 4.79 Å². The van der Waals surface area contributed by atoms with Crippen molar-refractivity contribution in [3.05, 3.63) is 11.8 Å². The van der Waals surface area contributed by atoms with Crippen LogP contribution in [0.4, 0.5) is 0 Å². The molecule has 2 N–H and O–H groups in total. The third kappa shape index (κ3) is 0.725. The normalized spacial score (nSPS) is 44.7. The molecular formula is C11H17NO. The van der Waals surface area contributed by atoms with E-state index in [2.05, 4.69) is 20.8 Å². The Labute approximate surface area is 79.2 Å². The van der Waals surface area contributed by atoms with Crippen LogP contribution >= 0.6 is 0 Å². The average Bonchev–Trinajstić information content (AvgIpc) is 2.36. The number of fused-ring (bicyclic) bond motifs is 2. The average molecular weight is 179 g/mol. The smallest absolute Gasteiger partial charge is 0.167 e. The summed E-state index contributed by atoms with van der Waals surface area (Å²) in [5.74, 6) is 0.686. The van der Waals surface area contributed by atoms with Crippen molar-refractivity contribution in [1.29, 1.82) is 0 Å². The molecule has 2 nitrogen and oxygen atoms in total. The summed E-state index contributed by atoms with van der Waals surface area (Å²) in [6, 6.07) is 0. The third-order valence-corrected chi connectivity index (χ3v) is 4.54. The summed E-state index contributed by atoms with van der Waals surface area (Å²) in [5.41, 5.74) is 6.34. The van der Waals surface area contributed by atoms with Gasteiger partial charge in [0.25, 0.3) is 0 Å². The molecule has 0 aromatic carbocycles. The van der Waals surface area contributed by atoms with E-state index in [1.807, 2.05) is 0 Å². The summed E-state index contributed by atoms with van der Waals surface area (Å²) in [7, 11) is 0. The monoisotopic (exact) mass is 179 g/mol. The Balaban J connectivity index is 2.57. The zero-order valence-electron chi connectivity index (χ0n) is 8.55. The van der Waals surface area contributed by atoms with Gasteiger partial charge in [-0.25, -0.2) is 0 Å². The highest BCUT2D eigenvalue weighted by molar-refractivity contribution is 6.04. The first-order chi connectivity index (χ1) is 5.95. The summed E-state index contributed by atoms with van der Waals surface area (Å²) in [5, 5.41) is 0. The molecule has 0 aliphatic heterocycles. The van der Waals surface area contributed by atoms with Gasteiger partial charge in [0.1, 0.15) is 0 Å². The van der Waals surface area contributed by atoms with Crippen molar-refractivity contribution in [2.75, 3.05) is 0 Å². The number of hydrogen-bond acceptors (Lipinski definition) is 2. The van der Waals surface area contributed by atoms with Crippen LogP contribution < -0.4 is 5.73 Å². The van der Waals surface area contributed by atoms with E-state index in [1.54, 1.807) is 0 Å². The number of nitrogens with two attached hydrogens (primary N) is 1. The molecule has 2 saturated carbocycles. The predicted molar refractivity (Wildman–Crippen MR) is 51.9 cm³/mol. The first-order valence-corrected chi connectivity index (χ1v) is 4.92. The molecule has 0 amide bonds. The van der Waals surface area contributed by atoms with Gasteiger partial charge >= 0.3 is 0 Å². The minimum Gasteiger partial charge on any atom is -0.404 e. The van der Waals surface area contributed by atoms with E-state index in [1.165, 1.54) is 6.20 Å². The Morgan fingerprint density at radius 3 is 2.38 bits per heavy atom. The van der Waals surface area contributed by atoms with Crippen molar-refractivity contribution in [2.45, 2.75) is 33.6 Å². The number of rotatable bonds is 0. The highest BCUT2D eigenvalue weighted by atomic mass is 16.1. The molecule has 0 radical (unpaired) electrons. The molecule has 0 aromatic heterocycles. The number of allylic oxidation sites excluding steroid dienone is 1. The molecule has 13 heavy (non-hydrogen) atoms. The minimum atomic E-state index is -0.150. The van der Waals surface area contributed by atoms with E-state index < -0.39 is 0 Å². The molecule has 0 saturated heterocycles. The number of hydrogen-bond donors (Lipinski definition) is 1. The maximum Gasteiger partial charge on any atom is 0.167 e. The van der Waals surface area contributed by atoms with Crippen LogP contribution in [0, 0.1) is 16.7 Å². The van der Waals surface area contributed by atoms with E-state index >= 15 is 0 Å². The molecule has 2 unspecified atom stereocenters. The van der Waals surface area contributed by atoms with Crippen LogP contribution in [0.2, 0.25) is 0 Å². The van der Waals surface area contributed by atoms with Crippen molar-refractivity contribution < 1.29 is 4.79 Å². The lowest BCUT2D eigenvalue weighted by molar-refractivity contribution is -0.125. The summed E-state index contributed by atoms with van der Waals surface area (Å²) in [6.07, 6.45) is 3.68. The van der Waals surface area contributed by atoms with Gasteiger partial charge in [0.15, 0.2) is 5.78 Å². The number of Topliss-reactive ketones (excluding diaryl/α,β-unsaturated/α-hetero) is 1. The molecule has 0 heterocycles. The zero-order chi connectivity index (χ0) is 9.85. The van der Waals surface area contributed by atoms with Crippen LogP contribution in [0.25, 0.3) is 0 Å². The maximum absolute atomic E-state index is 12.0. The Hall–Kier alpha value is -0.790. The van der Waals surface area contributed by atoms with E-state index in [9.17, 15) is 4.79 Å². The van der Waals surface area contributed by atoms with Crippen molar-refractivity contribution in [3.63, 3.8) is 0 Å². The Morgan fingerprint density at radius 2 is 2.08 bits per heavy atom. The molecule has 72 valence electrons. The summed E-state index contributed by atoms with van der Waals surface area (Å²) in [4.78, 5) is 12.0. The van der Waals surface area contributed by atoms with Gasteiger partial charge < -0.3 is 5.73 Å². The fraction of sp³-hybridized carbons (Fsp3) is 0.727. The fourth-order valence-electron chi connectivity index (χ4n) is 3.12. The Morgan fingerprint density at radius 1 is 1.46 bits per heavy atom. The number of ketones is 1. The SMILES string of the molecule is CC12CCC(/C(=C/N)C1=O)C2(C)C. The predicted octanol–water partition coefficient (Wildman–Crippen LogP) is 1.85. The van der Waals surface area contributed by atoms with Crippen LogP contribution in [0.5, 0.6) is 0 Å². The van der Waals surface area contributed by atoms with Crippen molar-refractivity contribution >= 4 is 5.78 Å². The molecule has 2 aliphatic carbocycles. The zero-order valence-corrected chi connectivity index (χ0v) is 8.55. The molecule has 2 atom stereocenters. The van der Waals surface area contributed by atoms with Crippen LogP contribution in [-0.2, 0) is 4.79 Å². The lowest BCUT2D eigenvalue weighted by atomic mass is 9.70. The molecular weight excluding hydrogens is 162 g/mol. The summed E-state index contributed by atoms with van der Waals surface area (Å²) >= 11 is 0. The quantitative estimate of drug-likeness (QED) is 0.577. The van der Waals surface area contributed by atoms with Gasteiger partial charge in [-0.15, -0.1) is 0 Å². The van der Waals surface area contributed by atoms with Crippen molar-refractivity contribution in [3.8, 4) is 0 Å². The van der Waals surface area contributed by atoms with Crippen LogP contribution in [-0.4, -0.2) is 5.78 Å².